The van der Waals surface area contributed by atoms with Crippen LogP contribution in [-0.2, 0) is 4.79 Å². The van der Waals surface area contributed by atoms with E-state index in [4.69, 9.17) is 0 Å². The molecule has 0 saturated heterocycles. The van der Waals surface area contributed by atoms with Crippen LogP contribution in [0.1, 0.15) is 92.4 Å². The monoisotopic (exact) mass is 306 g/mol. The van der Waals surface area contributed by atoms with Crippen LogP contribution < -0.4 is 0 Å². The Morgan fingerprint density at radius 1 is 1.23 bits per heavy atom. The molecule has 3 unspecified atom stereocenters. The molecule has 1 rings (SSSR count). The van der Waals surface area contributed by atoms with Gasteiger partial charge in [-0.1, -0.05) is 66.9 Å². The van der Waals surface area contributed by atoms with Crippen molar-refractivity contribution in [2.24, 2.45) is 23.2 Å². The van der Waals surface area contributed by atoms with Gasteiger partial charge in [0, 0.05) is 6.42 Å². The average Bonchev–Trinajstić information content (AvgIpc) is 2.48. The lowest BCUT2D eigenvalue weighted by Crippen LogP contribution is -2.36. The summed E-state index contributed by atoms with van der Waals surface area (Å²) in [6.07, 6.45) is 10.5. The first-order valence-corrected chi connectivity index (χ1v) is 9.58. The molecule has 1 aliphatic carbocycles. The second kappa shape index (κ2) is 8.89. The van der Waals surface area contributed by atoms with Gasteiger partial charge in [0.15, 0.2) is 5.78 Å². The standard InChI is InChI=1S/C21H38O/c1-7-10-14-21(5,6)19(11-8-2)18(9-3)17-13-12-16(4)20(22)15-17/h17-19H,4,7-15H2,1-3,5-6H3. The lowest BCUT2D eigenvalue weighted by Gasteiger charge is -2.44. The van der Waals surface area contributed by atoms with E-state index < -0.39 is 0 Å². The van der Waals surface area contributed by atoms with Crippen molar-refractivity contribution in [3.63, 3.8) is 0 Å². The third-order valence-corrected chi connectivity index (χ3v) is 6.03. The van der Waals surface area contributed by atoms with Crippen molar-refractivity contribution < 1.29 is 4.79 Å². The predicted octanol–water partition coefficient (Wildman–Crippen LogP) is 6.57. The number of ketones is 1. The summed E-state index contributed by atoms with van der Waals surface area (Å²) in [5.74, 6) is 2.36. The summed E-state index contributed by atoms with van der Waals surface area (Å²) in [4.78, 5) is 12.1. The van der Waals surface area contributed by atoms with Crippen LogP contribution in [-0.4, -0.2) is 5.78 Å². The summed E-state index contributed by atoms with van der Waals surface area (Å²) in [5.41, 5.74) is 1.26. The van der Waals surface area contributed by atoms with Gasteiger partial charge in [0.1, 0.15) is 0 Å². The Morgan fingerprint density at radius 3 is 2.41 bits per heavy atom. The van der Waals surface area contributed by atoms with Crippen molar-refractivity contribution in [1.82, 2.24) is 0 Å². The third-order valence-electron chi connectivity index (χ3n) is 6.03. The van der Waals surface area contributed by atoms with E-state index in [1.54, 1.807) is 0 Å². The van der Waals surface area contributed by atoms with E-state index in [0.717, 1.165) is 24.3 Å². The Bertz CT molecular complexity index is 366. The maximum atomic E-state index is 12.1. The van der Waals surface area contributed by atoms with Crippen LogP contribution in [0.15, 0.2) is 12.2 Å². The Morgan fingerprint density at radius 2 is 1.91 bits per heavy atom. The van der Waals surface area contributed by atoms with Crippen molar-refractivity contribution in [2.75, 3.05) is 0 Å². The number of hydrogen-bond acceptors (Lipinski definition) is 1. The van der Waals surface area contributed by atoms with Gasteiger partial charge in [0.2, 0.25) is 0 Å². The molecule has 0 aromatic heterocycles. The molecule has 0 aromatic carbocycles. The van der Waals surface area contributed by atoms with Crippen LogP contribution in [0.25, 0.3) is 0 Å². The Kier molecular flexibility index (Phi) is 7.86. The van der Waals surface area contributed by atoms with Crippen LogP contribution in [0.2, 0.25) is 0 Å². The molecule has 0 bridgehead atoms. The summed E-state index contributed by atoms with van der Waals surface area (Å²) >= 11 is 0. The van der Waals surface area contributed by atoms with E-state index in [1.807, 2.05) is 0 Å². The minimum atomic E-state index is 0.330. The number of allylic oxidation sites excluding steroid dienone is 1. The highest BCUT2D eigenvalue weighted by molar-refractivity contribution is 5.95. The molecular weight excluding hydrogens is 268 g/mol. The zero-order valence-corrected chi connectivity index (χ0v) is 15.7. The first kappa shape index (κ1) is 19.5. The second-order valence-corrected chi connectivity index (χ2v) is 8.09. The summed E-state index contributed by atoms with van der Waals surface area (Å²) in [5, 5.41) is 0. The van der Waals surface area contributed by atoms with E-state index in [9.17, 15) is 4.79 Å². The Labute approximate surface area is 139 Å². The number of carbonyl (C=O) groups excluding carboxylic acids is 1. The number of Topliss-reactive ketones (excluding diaryl/α,β-unsaturated/α-hetero) is 1. The molecular formula is C21H38O. The van der Waals surface area contributed by atoms with Gasteiger partial charge in [0.05, 0.1) is 0 Å². The number of rotatable bonds is 9. The fraction of sp³-hybridized carbons (Fsp3) is 0.857. The topological polar surface area (TPSA) is 17.1 Å². The first-order valence-electron chi connectivity index (χ1n) is 9.58. The average molecular weight is 307 g/mol. The molecule has 0 N–H and O–H groups in total. The smallest absolute Gasteiger partial charge is 0.158 e. The zero-order valence-electron chi connectivity index (χ0n) is 15.7. The lowest BCUT2D eigenvalue weighted by molar-refractivity contribution is -0.118. The highest BCUT2D eigenvalue weighted by Gasteiger charge is 2.39. The summed E-state index contributed by atoms with van der Waals surface area (Å²) < 4.78 is 0. The van der Waals surface area contributed by atoms with E-state index in [-0.39, 0.29) is 0 Å². The summed E-state index contributed by atoms with van der Waals surface area (Å²) in [6.45, 7) is 15.8. The molecule has 0 radical (unpaired) electrons. The molecule has 128 valence electrons. The van der Waals surface area contributed by atoms with Crippen molar-refractivity contribution in [1.29, 1.82) is 0 Å². The molecule has 1 nitrogen and oxygen atoms in total. The van der Waals surface area contributed by atoms with Gasteiger partial charge in [0.25, 0.3) is 0 Å². The van der Waals surface area contributed by atoms with Crippen LogP contribution in [0.4, 0.5) is 0 Å². The highest BCUT2D eigenvalue weighted by Crippen LogP contribution is 2.47. The van der Waals surface area contributed by atoms with Gasteiger partial charge in [-0.25, -0.2) is 0 Å². The number of hydrogen-bond donors (Lipinski definition) is 0. The van der Waals surface area contributed by atoms with Gasteiger partial charge in [-0.2, -0.15) is 0 Å². The van der Waals surface area contributed by atoms with E-state index in [1.165, 1.54) is 44.9 Å². The molecule has 22 heavy (non-hydrogen) atoms. The summed E-state index contributed by atoms with van der Waals surface area (Å²) in [7, 11) is 0. The van der Waals surface area contributed by atoms with Crippen LogP contribution in [0.3, 0.4) is 0 Å². The van der Waals surface area contributed by atoms with Gasteiger partial charge >= 0.3 is 0 Å². The second-order valence-electron chi connectivity index (χ2n) is 8.09. The number of carbonyl (C=O) groups is 1. The quantitative estimate of drug-likeness (QED) is 0.440. The van der Waals surface area contributed by atoms with Crippen molar-refractivity contribution >= 4 is 5.78 Å². The van der Waals surface area contributed by atoms with Gasteiger partial charge in [-0.3, -0.25) is 4.79 Å². The predicted molar refractivity (Wildman–Crippen MR) is 97.0 cm³/mol. The van der Waals surface area contributed by atoms with Crippen LogP contribution in [0.5, 0.6) is 0 Å². The molecule has 0 spiro atoms. The maximum absolute atomic E-state index is 12.1. The van der Waals surface area contributed by atoms with E-state index in [0.29, 0.717) is 23.0 Å². The number of unbranched alkanes of at least 4 members (excludes halogenated alkanes) is 1. The van der Waals surface area contributed by atoms with E-state index in [2.05, 4.69) is 41.2 Å². The molecule has 0 heterocycles. The largest absolute Gasteiger partial charge is 0.295 e. The van der Waals surface area contributed by atoms with Crippen LogP contribution >= 0.6 is 0 Å². The molecule has 3 atom stereocenters. The Hall–Kier alpha value is -0.590. The minimum absolute atomic E-state index is 0.330. The lowest BCUT2D eigenvalue weighted by atomic mass is 9.61. The van der Waals surface area contributed by atoms with Crippen molar-refractivity contribution in [3.05, 3.63) is 12.2 Å². The summed E-state index contributed by atoms with van der Waals surface area (Å²) in [6, 6.07) is 0. The van der Waals surface area contributed by atoms with Gasteiger partial charge in [-0.15, -0.1) is 0 Å². The van der Waals surface area contributed by atoms with Gasteiger partial charge < -0.3 is 0 Å². The fourth-order valence-corrected chi connectivity index (χ4v) is 4.61. The maximum Gasteiger partial charge on any atom is 0.158 e. The van der Waals surface area contributed by atoms with Crippen LogP contribution in [0, 0.1) is 23.2 Å². The van der Waals surface area contributed by atoms with Crippen molar-refractivity contribution in [2.45, 2.75) is 92.4 Å². The molecule has 1 aliphatic rings. The molecule has 0 aliphatic heterocycles. The third kappa shape index (κ3) is 4.96. The molecule has 0 aromatic rings. The normalized spacial score (nSPS) is 22.7. The fourth-order valence-electron chi connectivity index (χ4n) is 4.61. The molecule has 1 heteroatoms. The first-order chi connectivity index (χ1) is 10.4. The molecule has 1 fully saturated rings. The highest BCUT2D eigenvalue weighted by atomic mass is 16.1. The SMILES string of the molecule is C=C1CCC(C(CC)C(CCC)C(C)(C)CCCC)CC1=O. The van der Waals surface area contributed by atoms with Gasteiger partial charge in [-0.05, 0) is 54.4 Å². The Balaban J connectivity index is 2.89. The van der Waals surface area contributed by atoms with Crippen molar-refractivity contribution in [3.8, 4) is 0 Å². The minimum Gasteiger partial charge on any atom is -0.295 e. The van der Waals surface area contributed by atoms with E-state index >= 15 is 0 Å². The molecule has 0 amide bonds. The molecule has 1 saturated carbocycles. The zero-order chi connectivity index (χ0) is 16.8.